The first kappa shape index (κ1) is 24.0. The molecule has 3 aromatic rings. The van der Waals surface area contributed by atoms with Gasteiger partial charge in [0.1, 0.15) is 6.61 Å². The van der Waals surface area contributed by atoms with Gasteiger partial charge >= 0.3 is 5.97 Å². The van der Waals surface area contributed by atoms with E-state index in [1.807, 2.05) is 18.4 Å². The van der Waals surface area contributed by atoms with Gasteiger partial charge in [-0.05, 0) is 36.6 Å². The summed E-state index contributed by atoms with van der Waals surface area (Å²) in [5.74, 6) is -0.801. The first-order valence-corrected chi connectivity index (χ1v) is 12.2. The third-order valence-electron chi connectivity index (χ3n) is 4.46. The summed E-state index contributed by atoms with van der Waals surface area (Å²) in [6.07, 6.45) is 2.03. The van der Waals surface area contributed by atoms with E-state index in [-0.39, 0.29) is 31.1 Å². The van der Waals surface area contributed by atoms with Gasteiger partial charge in [0.2, 0.25) is 5.91 Å². The van der Waals surface area contributed by atoms with E-state index in [4.69, 9.17) is 16.3 Å². The molecular formula is C23H21ClN2O4S2. The summed E-state index contributed by atoms with van der Waals surface area (Å²) in [6, 6.07) is 14.2. The Balaban J connectivity index is 1.54. The Labute approximate surface area is 199 Å². The van der Waals surface area contributed by atoms with Crippen LogP contribution in [0.2, 0.25) is 5.02 Å². The molecule has 0 aliphatic carbocycles. The fraction of sp³-hybridized carbons (Fsp3) is 0.217. The molecule has 166 valence electrons. The number of carbonyl (C=O) groups excluding carboxylic acids is 3. The van der Waals surface area contributed by atoms with E-state index in [2.05, 4.69) is 4.98 Å². The molecule has 0 radical (unpaired) electrons. The van der Waals surface area contributed by atoms with Crippen LogP contribution in [-0.2, 0) is 20.9 Å². The molecule has 0 unspecified atom stereocenters. The molecule has 1 amide bonds. The molecule has 6 nitrogen and oxygen atoms in total. The van der Waals surface area contributed by atoms with Crippen LogP contribution in [0.15, 0.2) is 58.8 Å². The molecule has 2 aromatic carbocycles. The summed E-state index contributed by atoms with van der Waals surface area (Å²) in [4.78, 5) is 43.4. The number of ether oxygens (including phenoxy) is 1. The predicted octanol–water partition coefficient (Wildman–Crippen LogP) is 5.91. The molecule has 0 N–H and O–H groups in total. The van der Waals surface area contributed by atoms with Crippen LogP contribution in [-0.4, -0.2) is 28.9 Å². The molecule has 32 heavy (non-hydrogen) atoms. The summed E-state index contributed by atoms with van der Waals surface area (Å²) in [6.45, 7) is 1.40. The Hall–Kier alpha value is -2.68. The summed E-state index contributed by atoms with van der Waals surface area (Å²) in [5, 5.41) is 2.69. The molecule has 9 heteroatoms. The molecule has 0 aliphatic rings. The van der Waals surface area contributed by atoms with Crippen molar-refractivity contribution in [2.45, 2.75) is 31.3 Å². The molecule has 0 aliphatic heterocycles. The number of Topliss-reactive ketones (excluding diaryl/α,β-unsaturated/α-hetero) is 1. The van der Waals surface area contributed by atoms with Gasteiger partial charge in [-0.3, -0.25) is 19.3 Å². The zero-order valence-corrected chi connectivity index (χ0v) is 19.9. The molecular weight excluding hydrogens is 468 g/mol. The van der Waals surface area contributed by atoms with Crippen LogP contribution in [0.5, 0.6) is 0 Å². The van der Waals surface area contributed by atoms with Crippen LogP contribution in [0.4, 0.5) is 10.8 Å². The third-order valence-corrected chi connectivity index (χ3v) is 6.31. The average molecular weight is 489 g/mol. The molecule has 0 saturated heterocycles. The Morgan fingerprint density at radius 2 is 1.88 bits per heavy atom. The van der Waals surface area contributed by atoms with Crippen molar-refractivity contribution in [3.8, 4) is 0 Å². The normalized spacial score (nSPS) is 10.6. The summed E-state index contributed by atoms with van der Waals surface area (Å²) >= 11 is 8.90. The van der Waals surface area contributed by atoms with E-state index in [9.17, 15) is 14.4 Å². The highest BCUT2D eigenvalue weighted by atomic mass is 35.5. The smallest absolute Gasteiger partial charge is 0.306 e. The van der Waals surface area contributed by atoms with Crippen molar-refractivity contribution in [1.29, 1.82) is 0 Å². The number of benzene rings is 2. The zero-order valence-electron chi connectivity index (χ0n) is 17.5. The Morgan fingerprint density at radius 3 is 2.53 bits per heavy atom. The van der Waals surface area contributed by atoms with Crippen LogP contribution in [0, 0.1) is 0 Å². The summed E-state index contributed by atoms with van der Waals surface area (Å²) in [7, 11) is 0. The van der Waals surface area contributed by atoms with Crippen molar-refractivity contribution in [3.63, 3.8) is 0 Å². The number of esters is 1. The minimum atomic E-state index is -0.480. The minimum absolute atomic E-state index is 0.0117. The van der Waals surface area contributed by atoms with Gasteiger partial charge in [0.25, 0.3) is 0 Å². The van der Waals surface area contributed by atoms with Crippen LogP contribution >= 0.6 is 34.7 Å². The standard InChI is InChI=1S/C23H21ClN2O4S2/c1-15(27)26(19-5-3-4-17(24)12-19)23-25-18(14-32-23)13-30-22(29)11-10-21(28)16-6-8-20(31-2)9-7-16/h3-9,12,14H,10-11,13H2,1-2H3. The van der Waals surface area contributed by atoms with Crippen molar-refractivity contribution < 1.29 is 19.1 Å². The lowest BCUT2D eigenvalue weighted by molar-refractivity contribution is -0.145. The van der Waals surface area contributed by atoms with E-state index in [0.717, 1.165) is 4.90 Å². The molecule has 0 saturated carbocycles. The van der Waals surface area contributed by atoms with Gasteiger partial charge in [-0.2, -0.15) is 0 Å². The SMILES string of the molecule is CSc1ccc(C(=O)CCC(=O)OCc2csc(N(C(C)=O)c3cccc(Cl)c3)n2)cc1. The monoisotopic (exact) mass is 488 g/mol. The number of thiazole rings is 1. The fourth-order valence-electron chi connectivity index (χ4n) is 2.87. The van der Waals surface area contributed by atoms with Gasteiger partial charge in [-0.1, -0.05) is 29.8 Å². The maximum atomic E-state index is 12.3. The van der Waals surface area contributed by atoms with E-state index in [0.29, 0.717) is 27.1 Å². The number of aromatic nitrogens is 1. The lowest BCUT2D eigenvalue weighted by atomic mass is 10.1. The quantitative estimate of drug-likeness (QED) is 0.212. The number of hydrogen-bond acceptors (Lipinski definition) is 7. The largest absolute Gasteiger partial charge is 0.459 e. The van der Waals surface area contributed by atoms with Gasteiger partial charge in [0.15, 0.2) is 10.9 Å². The summed E-state index contributed by atoms with van der Waals surface area (Å²) < 4.78 is 5.25. The van der Waals surface area contributed by atoms with Crippen LogP contribution in [0.25, 0.3) is 0 Å². The fourth-order valence-corrected chi connectivity index (χ4v) is 4.34. The second-order valence-corrected chi connectivity index (χ2v) is 8.92. The molecule has 1 heterocycles. The van der Waals surface area contributed by atoms with Crippen molar-refractivity contribution in [2.24, 2.45) is 0 Å². The molecule has 0 fully saturated rings. The van der Waals surface area contributed by atoms with Crippen LogP contribution in [0.1, 0.15) is 35.8 Å². The van der Waals surface area contributed by atoms with Crippen molar-refractivity contribution in [1.82, 2.24) is 4.98 Å². The van der Waals surface area contributed by atoms with E-state index >= 15 is 0 Å². The number of ketones is 1. The summed E-state index contributed by atoms with van der Waals surface area (Å²) in [5.41, 5.74) is 1.70. The van der Waals surface area contributed by atoms with Crippen molar-refractivity contribution in [2.75, 3.05) is 11.2 Å². The van der Waals surface area contributed by atoms with Gasteiger partial charge in [0, 0.05) is 34.2 Å². The van der Waals surface area contributed by atoms with Crippen LogP contribution < -0.4 is 4.90 Å². The average Bonchev–Trinajstić information content (AvgIpc) is 3.24. The van der Waals surface area contributed by atoms with Crippen LogP contribution in [0.3, 0.4) is 0 Å². The second-order valence-electron chi connectivity index (χ2n) is 6.77. The topological polar surface area (TPSA) is 76.6 Å². The Morgan fingerprint density at radius 1 is 1.12 bits per heavy atom. The zero-order chi connectivity index (χ0) is 23.1. The maximum absolute atomic E-state index is 12.3. The maximum Gasteiger partial charge on any atom is 0.306 e. The number of hydrogen-bond donors (Lipinski definition) is 0. The highest BCUT2D eigenvalue weighted by molar-refractivity contribution is 7.98. The Bertz CT molecular complexity index is 1120. The Kier molecular flexibility index (Phi) is 8.44. The number of carbonyl (C=O) groups is 3. The molecule has 0 atom stereocenters. The first-order valence-electron chi connectivity index (χ1n) is 9.71. The number of anilines is 2. The second kappa shape index (κ2) is 11.3. The molecule has 0 bridgehead atoms. The number of amides is 1. The predicted molar refractivity (Wildman–Crippen MR) is 128 cm³/mol. The number of nitrogens with zero attached hydrogens (tertiary/aromatic N) is 2. The van der Waals surface area contributed by atoms with Gasteiger partial charge in [-0.15, -0.1) is 23.1 Å². The molecule has 3 rings (SSSR count). The highest BCUT2D eigenvalue weighted by Gasteiger charge is 2.19. The number of halogens is 1. The van der Waals surface area contributed by atoms with Crippen molar-refractivity contribution in [3.05, 3.63) is 70.2 Å². The van der Waals surface area contributed by atoms with Crippen molar-refractivity contribution >= 4 is 63.2 Å². The third kappa shape index (κ3) is 6.41. The lowest BCUT2D eigenvalue weighted by Gasteiger charge is -2.18. The first-order chi connectivity index (χ1) is 15.4. The van der Waals surface area contributed by atoms with Gasteiger partial charge < -0.3 is 4.74 Å². The molecule has 0 spiro atoms. The number of rotatable bonds is 9. The molecule has 1 aromatic heterocycles. The van der Waals surface area contributed by atoms with Gasteiger partial charge in [0.05, 0.1) is 17.8 Å². The van der Waals surface area contributed by atoms with E-state index < -0.39 is 5.97 Å². The van der Waals surface area contributed by atoms with Gasteiger partial charge in [-0.25, -0.2) is 4.98 Å². The lowest BCUT2D eigenvalue weighted by Crippen LogP contribution is -2.22. The van der Waals surface area contributed by atoms with E-state index in [1.54, 1.807) is 53.5 Å². The highest BCUT2D eigenvalue weighted by Crippen LogP contribution is 2.30. The number of thioether (sulfide) groups is 1. The van der Waals surface area contributed by atoms with E-state index in [1.165, 1.54) is 23.2 Å². The minimum Gasteiger partial charge on any atom is -0.459 e.